The first kappa shape index (κ1) is 15.4. The van der Waals surface area contributed by atoms with Crippen molar-refractivity contribution in [3.05, 3.63) is 62.0 Å². The maximum Gasteiger partial charge on any atom is 0.330 e. The molecule has 2 rings (SSSR count). The summed E-state index contributed by atoms with van der Waals surface area (Å²) in [7, 11) is 0. The fourth-order valence-electron chi connectivity index (χ4n) is 1.69. The lowest BCUT2D eigenvalue weighted by Crippen LogP contribution is -2.20. The number of benzene rings is 2. The van der Waals surface area contributed by atoms with Gasteiger partial charge in [-0.15, -0.1) is 0 Å². The van der Waals surface area contributed by atoms with Gasteiger partial charge in [0, 0.05) is 14.6 Å². The fraction of sp³-hybridized carbons (Fsp3) is 0.0714. The first-order chi connectivity index (χ1) is 9.47. The number of hydrogen-bond acceptors (Lipinski definition) is 2. The predicted molar refractivity (Wildman–Crippen MR) is 87.3 cm³/mol. The molecule has 104 valence electrons. The van der Waals surface area contributed by atoms with Gasteiger partial charge in [-0.05, 0) is 57.9 Å². The molecule has 0 heterocycles. The smallest absolute Gasteiger partial charge is 0.330 e. The number of aliphatic carboxylic acids is 1. The minimum Gasteiger partial charge on any atom is -0.479 e. The lowest BCUT2D eigenvalue weighted by Gasteiger charge is -2.17. The molecule has 0 aromatic heterocycles. The lowest BCUT2D eigenvalue weighted by atomic mass is 10.1. The van der Waals surface area contributed by atoms with Crippen LogP contribution in [0.3, 0.4) is 0 Å². The molecule has 0 amide bonds. The maximum absolute atomic E-state index is 11.4. The van der Waals surface area contributed by atoms with Gasteiger partial charge in [0.05, 0.1) is 5.02 Å². The van der Waals surface area contributed by atoms with Crippen LogP contribution in [-0.2, 0) is 4.79 Å². The van der Waals surface area contributed by atoms with E-state index in [-0.39, 0.29) is 0 Å². The van der Waals surface area contributed by atoms with Gasteiger partial charge in [-0.25, -0.2) is 4.79 Å². The first-order valence-electron chi connectivity index (χ1n) is 5.67. The number of carboxylic acid groups (broad SMARTS) is 1. The SMILES string of the molecule is O=C(O)C(Nc1ccc(Br)cc1)c1ccc(Cl)c(Br)c1. The van der Waals surface area contributed by atoms with E-state index in [1.54, 1.807) is 18.2 Å². The van der Waals surface area contributed by atoms with Crippen LogP contribution in [0, 0.1) is 0 Å². The quantitative estimate of drug-likeness (QED) is 0.725. The van der Waals surface area contributed by atoms with Crippen molar-refractivity contribution in [2.24, 2.45) is 0 Å². The van der Waals surface area contributed by atoms with Crippen LogP contribution in [0.4, 0.5) is 5.69 Å². The highest BCUT2D eigenvalue weighted by molar-refractivity contribution is 9.10. The molecule has 0 fully saturated rings. The Kier molecular flexibility index (Phi) is 5.07. The molecular formula is C14H10Br2ClNO2. The van der Waals surface area contributed by atoms with Crippen molar-refractivity contribution in [2.45, 2.75) is 6.04 Å². The molecule has 2 N–H and O–H groups in total. The number of rotatable bonds is 4. The Balaban J connectivity index is 2.29. The van der Waals surface area contributed by atoms with E-state index in [1.807, 2.05) is 24.3 Å². The van der Waals surface area contributed by atoms with Gasteiger partial charge in [0.2, 0.25) is 0 Å². The second-order valence-corrected chi connectivity index (χ2v) is 6.27. The van der Waals surface area contributed by atoms with E-state index in [9.17, 15) is 9.90 Å². The molecule has 2 aromatic carbocycles. The van der Waals surface area contributed by atoms with Crippen LogP contribution in [-0.4, -0.2) is 11.1 Å². The van der Waals surface area contributed by atoms with Gasteiger partial charge in [0.15, 0.2) is 6.04 Å². The van der Waals surface area contributed by atoms with Gasteiger partial charge in [0.1, 0.15) is 0 Å². The number of carboxylic acids is 1. The van der Waals surface area contributed by atoms with Crippen molar-refractivity contribution in [1.29, 1.82) is 0 Å². The fourth-order valence-corrected chi connectivity index (χ4v) is 2.47. The van der Waals surface area contributed by atoms with Crippen LogP contribution in [0.5, 0.6) is 0 Å². The highest BCUT2D eigenvalue weighted by atomic mass is 79.9. The summed E-state index contributed by atoms with van der Waals surface area (Å²) in [4.78, 5) is 11.4. The molecule has 3 nitrogen and oxygen atoms in total. The van der Waals surface area contributed by atoms with Crippen molar-refractivity contribution in [3.63, 3.8) is 0 Å². The van der Waals surface area contributed by atoms with Gasteiger partial charge in [-0.3, -0.25) is 0 Å². The van der Waals surface area contributed by atoms with Crippen molar-refractivity contribution in [3.8, 4) is 0 Å². The summed E-state index contributed by atoms with van der Waals surface area (Å²) in [6, 6.07) is 11.5. The summed E-state index contributed by atoms with van der Waals surface area (Å²) in [5.41, 5.74) is 1.35. The van der Waals surface area contributed by atoms with E-state index in [1.165, 1.54) is 0 Å². The van der Waals surface area contributed by atoms with Crippen molar-refractivity contribution in [1.82, 2.24) is 0 Å². The zero-order chi connectivity index (χ0) is 14.7. The average Bonchev–Trinajstić information content (AvgIpc) is 2.41. The summed E-state index contributed by atoms with van der Waals surface area (Å²) in [5, 5.41) is 12.9. The zero-order valence-electron chi connectivity index (χ0n) is 10.1. The van der Waals surface area contributed by atoms with Gasteiger partial charge in [0.25, 0.3) is 0 Å². The molecule has 6 heteroatoms. The van der Waals surface area contributed by atoms with Gasteiger partial charge >= 0.3 is 5.97 Å². The van der Waals surface area contributed by atoms with Gasteiger partial charge < -0.3 is 10.4 Å². The normalized spacial score (nSPS) is 11.9. The third-order valence-corrected chi connectivity index (χ3v) is 4.42. The summed E-state index contributed by atoms with van der Waals surface area (Å²) >= 11 is 12.6. The second kappa shape index (κ2) is 6.61. The molecule has 0 bridgehead atoms. The van der Waals surface area contributed by atoms with Gasteiger partial charge in [-0.2, -0.15) is 0 Å². The number of nitrogens with one attached hydrogen (secondary N) is 1. The van der Waals surface area contributed by atoms with Crippen LogP contribution in [0.2, 0.25) is 5.02 Å². The largest absolute Gasteiger partial charge is 0.479 e. The second-order valence-electron chi connectivity index (χ2n) is 4.10. The molecule has 0 saturated heterocycles. The predicted octanol–water partition coefficient (Wildman–Crippen LogP) is 5.10. The molecular weight excluding hydrogens is 409 g/mol. The number of hydrogen-bond donors (Lipinski definition) is 2. The molecule has 0 saturated carbocycles. The van der Waals surface area contributed by atoms with Crippen LogP contribution in [0.15, 0.2) is 51.4 Å². The Morgan fingerprint density at radius 3 is 2.35 bits per heavy atom. The summed E-state index contributed by atoms with van der Waals surface area (Å²) < 4.78 is 1.60. The Morgan fingerprint density at radius 2 is 1.80 bits per heavy atom. The Labute approximate surface area is 138 Å². The molecule has 0 spiro atoms. The minimum atomic E-state index is -0.956. The van der Waals surface area contributed by atoms with Crippen molar-refractivity contribution in [2.75, 3.05) is 5.32 Å². The first-order valence-corrected chi connectivity index (χ1v) is 7.63. The Hall–Kier alpha value is -1.04. The Morgan fingerprint density at radius 1 is 1.15 bits per heavy atom. The molecule has 20 heavy (non-hydrogen) atoms. The monoisotopic (exact) mass is 417 g/mol. The number of anilines is 1. The van der Waals surface area contributed by atoms with Crippen LogP contribution >= 0.6 is 43.5 Å². The van der Waals surface area contributed by atoms with Crippen molar-refractivity contribution < 1.29 is 9.90 Å². The van der Waals surface area contributed by atoms with E-state index < -0.39 is 12.0 Å². The molecule has 0 aliphatic heterocycles. The zero-order valence-corrected chi connectivity index (χ0v) is 14.0. The van der Waals surface area contributed by atoms with E-state index in [0.29, 0.717) is 15.1 Å². The summed E-state index contributed by atoms with van der Waals surface area (Å²) in [5.74, 6) is -0.956. The topological polar surface area (TPSA) is 49.3 Å². The minimum absolute atomic E-state index is 0.543. The summed E-state index contributed by atoms with van der Waals surface area (Å²) in [6.45, 7) is 0. The number of halogens is 3. The average molecular weight is 420 g/mol. The standard InChI is InChI=1S/C14H10Br2ClNO2/c15-9-2-4-10(5-3-9)18-13(14(19)20)8-1-6-12(17)11(16)7-8/h1-7,13,18H,(H,19,20). The molecule has 0 radical (unpaired) electrons. The van der Waals surface area contributed by atoms with E-state index >= 15 is 0 Å². The van der Waals surface area contributed by atoms with Crippen LogP contribution < -0.4 is 5.32 Å². The van der Waals surface area contributed by atoms with Crippen molar-refractivity contribution >= 4 is 55.1 Å². The molecule has 1 unspecified atom stereocenters. The van der Waals surface area contributed by atoms with Crippen LogP contribution in [0.25, 0.3) is 0 Å². The number of carbonyl (C=O) groups is 1. The van der Waals surface area contributed by atoms with E-state index in [2.05, 4.69) is 37.2 Å². The third kappa shape index (κ3) is 3.75. The van der Waals surface area contributed by atoms with E-state index in [4.69, 9.17) is 11.6 Å². The molecule has 0 aliphatic carbocycles. The summed E-state index contributed by atoms with van der Waals surface area (Å²) in [6.07, 6.45) is 0. The lowest BCUT2D eigenvalue weighted by molar-refractivity contribution is -0.138. The highest BCUT2D eigenvalue weighted by Gasteiger charge is 2.20. The van der Waals surface area contributed by atoms with Crippen LogP contribution in [0.1, 0.15) is 11.6 Å². The van der Waals surface area contributed by atoms with E-state index in [0.717, 1.165) is 10.2 Å². The third-order valence-electron chi connectivity index (χ3n) is 2.68. The molecule has 0 aliphatic rings. The molecule has 1 atom stereocenters. The van der Waals surface area contributed by atoms with Gasteiger partial charge in [-0.1, -0.05) is 33.6 Å². The Bertz CT molecular complexity index is 632. The maximum atomic E-state index is 11.4. The highest BCUT2D eigenvalue weighted by Crippen LogP contribution is 2.28. The molecule has 2 aromatic rings.